The highest BCUT2D eigenvalue weighted by molar-refractivity contribution is 5.43. The number of anilines is 1. The molecule has 1 aromatic carbocycles. The normalized spacial score (nSPS) is 9.09. The Hall–Kier alpha value is -1.78. The van der Waals surface area contributed by atoms with Crippen molar-refractivity contribution in [2.75, 3.05) is 5.43 Å². The summed E-state index contributed by atoms with van der Waals surface area (Å²) in [6, 6.07) is 5.56. The van der Waals surface area contributed by atoms with E-state index < -0.39 is 5.03 Å². The summed E-state index contributed by atoms with van der Waals surface area (Å²) in [7, 11) is 0. The summed E-state index contributed by atoms with van der Waals surface area (Å²) in [5.74, 6) is 0.0823. The number of benzene rings is 1. The molecule has 0 fully saturated rings. The number of aromatic hydroxyl groups is 1. The van der Waals surface area contributed by atoms with Gasteiger partial charge in [0.05, 0.1) is 0 Å². The van der Waals surface area contributed by atoms with E-state index in [1.54, 1.807) is 0 Å². The van der Waals surface area contributed by atoms with Crippen LogP contribution in [0.5, 0.6) is 5.75 Å². The maximum absolute atomic E-state index is 9.89. The van der Waals surface area contributed by atoms with Gasteiger partial charge in [-0.15, -0.1) is 5.43 Å². The number of phenols is 1. The molecule has 0 heterocycles. The van der Waals surface area contributed by atoms with Crippen molar-refractivity contribution in [2.24, 2.45) is 0 Å². The van der Waals surface area contributed by atoms with E-state index in [1.165, 1.54) is 24.3 Å². The molecule has 1 aromatic rings. The minimum Gasteiger partial charge on any atom is -0.508 e. The molecule has 0 spiro atoms. The Kier molecular flexibility index (Phi) is 1.91. The molecule has 0 bridgehead atoms. The van der Waals surface area contributed by atoms with Gasteiger partial charge in [0.2, 0.25) is 0 Å². The van der Waals surface area contributed by atoms with Crippen molar-refractivity contribution in [3.63, 3.8) is 0 Å². The fourth-order valence-corrected chi connectivity index (χ4v) is 0.641. The van der Waals surface area contributed by atoms with E-state index in [0.29, 0.717) is 5.69 Å². The highest BCUT2D eigenvalue weighted by Crippen LogP contribution is 2.12. The molecule has 0 saturated heterocycles. The van der Waals surface area contributed by atoms with E-state index in [1.807, 2.05) is 5.43 Å². The fraction of sp³-hybridized carbons (Fsp3) is 0. The molecule has 0 amide bonds. The monoisotopic (exact) mass is 154 g/mol. The number of nitrogens with zero attached hydrogens (tertiary/aromatic N) is 1. The van der Waals surface area contributed by atoms with Crippen molar-refractivity contribution < 1.29 is 10.1 Å². The molecule has 0 saturated carbocycles. The van der Waals surface area contributed by atoms with Crippen LogP contribution in [0.1, 0.15) is 0 Å². The van der Waals surface area contributed by atoms with Gasteiger partial charge < -0.3 is 5.11 Å². The van der Waals surface area contributed by atoms with E-state index >= 15 is 0 Å². The molecule has 0 unspecified atom stereocenters. The van der Waals surface area contributed by atoms with Crippen LogP contribution in [0.25, 0.3) is 0 Å². The van der Waals surface area contributed by atoms with E-state index in [9.17, 15) is 10.1 Å². The summed E-state index contributed by atoms with van der Waals surface area (Å²) < 4.78 is 0. The van der Waals surface area contributed by atoms with Crippen LogP contribution in [0.3, 0.4) is 0 Å². The van der Waals surface area contributed by atoms with Gasteiger partial charge in [0.15, 0.2) is 5.03 Å². The molecule has 0 aliphatic carbocycles. The van der Waals surface area contributed by atoms with Crippen molar-refractivity contribution >= 4 is 5.69 Å². The number of nitro groups is 1. The van der Waals surface area contributed by atoms with Crippen LogP contribution in [0.2, 0.25) is 0 Å². The molecule has 5 heteroatoms. The lowest BCUT2D eigenvalue weighted by molar-refractivity contribution is -0.445. The van der Waals surface area contributed by atoms with E-state index in [2.05, 4.69) is 0 Å². The lowest BCUT2D eigenvalue weighted by atomic mass is 10.3. The lowest BCUT2D eigenvalue weighted by Gasteiger charge is -1.95. The Morgan fingerprint density at radius 3 is 2.36 bits per heavy atom. The average molecular weight is 154 g/mol. The predicted molar refractivity (Wildman–Crippen MR) is 38.7 cm³/mol. The zero-order chi connectivity index (χ0) is 8.27. The van der Waals surface area contributed by atoms with Crippen molar-refractivity contribution in [1.29, 1.82) is 0 Å². The largest absolute Gasteiger partial charge is 0.508 e. The number of rotatable bonds is 2. The second-order valence-corrected chi connectivity index (χ2v) is 1.92. The third-order valence-electron chi connectivity index (χ3n) is 1.09. The Labute approximate surface area is 62.4 Å². The zero-order valence-electron chi connectivity index (χ0n) is 5.52. The van der Waals surface area contributed by atoms with Gasteiger partial charge in [-0.1, -0.05) is 0 Å². The number of hydrazine groups is 1. The molecular weight excluding hydrogens is 148 g/mol. The highest BCUT2D eigenvalue weighted by atomic mass is 16.7. The summed E-state index contributed by atoms with van der Waals surface area (Å²) >= 11 is 0. The Bertz CT molecular complexity index is 257. The molecule has 58 valence electrons. The second-order valence-electron chi connectivity index (χ2n) is 1.92. The molecule has 2 N–H and O–H groups in total. The molecule has 0 atom stereocenters. The van der Waals surface area contributed by atoms with Gasteiger partial charge in [-0.3, -0.25) is 0 Å². The van der Waals surface area contributed by atoms with Crippen molar-refractivity contribution in [2.45, 2.75) is 0 Å². The third-order valence-corrected chi connectivity index (χ3v) is 1.09. The van der Waals surface area contributed by atoms with Crippen LogP contribution in [-0.2, 0) is 0 Å². The first-order valence-corrected chi connectivity index (χ1v) is 2.88. The first-order valence-electron chi connectivity index (χ1n) is 2.88. The van der Waals surface area contributed by atoms with Gasteiger partial charge in [0.1, 0.15) is 11.4 Å². The van der Waals surface area contributed by atoms with Crippen LogP contribution in [-0.4, -0.2) is 10.1 Å². The molecule has 0 aliphatic rings. The Morgan fingerprint density at radius 1 is 1.36 bits per heavy atom. The van der Waals surface area contributed by atoms with Crippen LogP contribution >= 0.6 is 0 Å². The van der Waals surface area contributed by atoms with Crippen LogP contribution in [0.4, 0.5) is 5.69 Å². The molecule has 0 aliphatic heterocycles. The minimum atomic E-state index is -0.660. The first-order chi connectivity index (χ1) is 5.18. The lowest BCUT2D eigenvalue weighted by Crippen LogP contribution is -2.07. The maximum atomic E-state index is 9.89. The van der Waals surface area contributed by atoms with Gasteiger partial charge in [-0.25, -0.2) is 10.1 Å². The van der Waals surface area contributed by atoms with Gasteiger partial charge in [-0.05, 0) is 24.3 Å². The smallest absolute Gasteiger partial charge is 0.162 e. The van der Waals surface area contributed by atoms with Crippen LogP contribution < -0.4 is 5.43 Å². The quantitative estimate of drug-likeness (QED) is 0.378. The summed E-state index contributed by atoms with van der Waals surface area (Å²) in [6.07, 6.45) is 0. The molecule has 0 aromatic heterocycles. The van der Waals surface area contributed by atoms with Gasteiger partial charge in [0, 0.05) is 0 Å². The molecule has 0 radical (unpaired) electrons. The average Bonchev–Trinajstić information content (AvgIpc) is 1.93. The molecule has 1 rings (SSSR count). The van der Waals surface area contributed by atoms with Crippen LogP contribution in [0, 0.1) is 10.1 Å². The summed E-state index contributed by atoms with van der Waals surface area (Å²) in [5, 5.41) is 18.0. The van der Waals surface area contributed by atoms with Gasteiger partial charge >= 0.3 is 0 Å². The standard InChI is InChI=1S/C6H6N2O3/c9-6-3-1-5(2-4-6)7-8(10)11/h1-4,7,9H. The fourth-order valence-electron chi connectivity index (χ4n) is 0.641. The number of phenolic OH excluding ortho intramolecular Hbond substituents is 1. The molecular formula is C6H6N2O3. The van der Waals surface area contributed by atoms with Crippen molar-refractivity contribution in [3.05, 3.63) is 34.4 Å². The van der Waals surface area contributed by atoms with Crippen molar-refractivity contribution in [3.8, 4) is 5.75 Å². The van der Waals surface area contributed by atoms with Gasteiger partial charge in [-0.2, -0.15) is 0 Å². The predicted octanol–water partition coefficient (Wildman–Crippen LogP) is 0.996. The summed E-state index contributed by atoms with van der Waals surface area (Å²) in [4.78, 5) is 9.89. The van der Waals surface area contributed by atoms with Gasteiger partial charge in [0.25, 0.3) is 0 Å². The third kappa shape index (κ3) is 2.13. The maximum Gasteiger partial charge on any atom is 0.162 e. The number of hydrogen-bond acceptors (Lipinski definition) is 3. The Balaban J connectivity index is 2.74. The van der Waals surface area contributed by atoms with Crippen LogP contribution in [0.15, 0.2) is 24.3 Å². The van der Waals surface area contributed by atoms with E-state index in [4.69, 9.17) is 5.11 Å². The molecule has 11 heavy (non-hydrogen) atoms. The molecule has 5 nitrogen and oxygen atoms in total. The number of hydrogen-bond donors (Lipinski definition) is 2. The first kappa shape index (κ1) is 7.33. The van der Waals surface area contributed by atoms with E-state index in [0.717, 1.165) is 0 Å². The zero-order valence-corrected chi connectivity index (χ0v) is 5.52. The summed E-state index contributed by atoms with van der Waals surface area (Å²) in [5.41, 5.74) is 2.28. The minimum absolute atomic E-state index is 0.0823. The topological polar surface area (TPSA) is 75.4 Å². The van der Waals surface area contributed by atoms with Crippen molar-refractivity contribution in [1.82, 2.24) is 0 Å². The highest BCUT2D eigenvalue weighted by Gasteiger charge is 1.96. The SMILES string of the molecule is O=[N+]([O-])Nc1ccc(O)cc1. The number of nitrogens with one attached hydrogen (secondary N) is 1. The Morgan fingerprint density at radius 2 is 1.91 bits per heavy atom. The summed E-state index contributed by atoms with van der Waals surface area (Å²) in [6.45, 7) is 0. The second kappa shape index (κ2) is 2.87. The van der Waals surface area contributed by atoms with E-state index in [-0.39, 0.29) is 5.75 Å².